The summed E-state index contributed by atoms with van der Waals surface area (Å²) >= 11 is 12.2. The molecule has 2 aromatic heterocycles. The van der Waals surface area contributed by atoms with E-state index in [0.717, 1.165) is 9.25 Å². The first kappa shape index (κ1) is 27.6. The minimum atomic E-state index is -4.95. The van der Waals surface area contributed by atoms with E-state index in [1.165, 1.54) is 28.9 Å². The summed E-state index contributed by atoms with van der Waals surface area (Å²) in [6, 6.07) is 12.8. The molecular weight excluding hydrogens is 550 g/mol. The van der Waals surface area contributed by atoms with Crippen molar-refractivity contribution in [2.24, 2.45) is 0 Å². The van der Waals surface area contributed by atoms with Gasteiger partial charge in [0.2, 0.25) is 5.95 Å². The van der Waals surface area contributed by atoms with Crippen molar-refractivity contribution >= 4 is 29.2 Å². The predicted octanol–water partition coefficient (Wildman–Crippen LogP) is 3.36. The monoisotopic (exact) mass is 571 g/mol. The van der Waals surface area contributed by atoms with Gasteiger partial charge in [-0.2, -0.15) is 22.8 Å². The molecule has 0 aliphatic heterocycles. The lowest BCUT2D eigenvalue weighted by Crippen LogP contribution is -2.37. The average molecular weight is 572 g/mol. The van der Waals surface area contributed by atoms with Crippen LogP contribution in [0.25, 0.3) is 17.1 Å². The number of halogens is 5. The van der Waals surface area contributed by atoms with E-state index in [4.69, 9.17) is 23.2 Å². The van der Waals surface area contributed by atoms with Crippen molar-refractivity contribution < 1.29 is 23.4 Å². The smallest absolute Gasteiger partial charge is 0.392 e. The minimum Gasteiger partial charge on any atom is -0.392 e. The molecule has 15 heteroatoms. The Morgan fingerprint density at radius 2 is 1.74 bits per heavy atom. The first-order chi connectivity index (χ1) is 17.9. The number of rotatable bonds is 9. The molecule has 0 unspecified atom stereocenters. The summed E-state index contributed by atoms with van der Waals surface area (Å²) in [7, 11) is 0. The van der Waals surface area contributed by atoms with Gasteiger partial charge in [0.15, 0.2) is 17.8 Å². The van der Waals surface area contributed by atoms with Crippen LogP contribution in [0.15, 0.2) is 53.3 Å². The Morgan fingerprint density at radius 3 is 2.37 bits per heavy atom. The summed E-state index contributed by atoms with van der Waals surface area (Å²) in [6.45, 7) is 0.329. The molecule has 0 aliphatic carbocycles. The van der Waals surface area contributed by atoms with E-state index >= 15 is 0 Å². The maximum absolute atomic E-state index is 13.2. The summed E-state index contributed by atoms with van der Waals surface area (Å²) in [6.07, 6.45) is -8.45. The zero-order valence-electron chi connectivity index (χ0n) is 19.8. The number of benzene rings is 2. The van der Waals surface area contributed by atoms with E-state index in [9.17, 15) is 28.2 Å². The van der Waals surface area contributed by atoms with Crippen LogP contribution in [0.1, 0.15) is 12.7 Å². The van der Waals surface area contributed by atoms with Crippen molar-refractivity contribution in [2.75, 3.05) is 11.9 Å². The van der Waals surface area contributed by atoms with Crippen LogP contribution in [0, 0.1) is 0 Å². The molecule has 4 aromatic rings. The molecule has 0 bridgehead atoms. The van der Waals surface area contributed by atoms with Crippen LogP contribution in [0.2, 0.25) is 10.0 Å². The topological polar surface area (TPSA) is 123 Å². The van der Waals surface area contributed by atoms with Crippen LogP contribution in [0.4, 0.5) is 19.1 Å². The van der Waals surface area contributed by atoms with Crippen molar-refractivity contribution in [1.29, 1.82) is 0 Å². The molecule has 0 radical (unpaired) electrons. The van der Waals surface area contributed by atoms with Gasteiger partial charge >= 0.3 is 11.9 Å². The van der Waals surface area contributed by atoms with Crippen molar-refractivity contribution in [3.05, 3.63) is 74.9 Å². The fraction of sp³-hybridized carbons (Fsp3) is 0.304. The maximum atomic E-state index is 13.2. The molecule has 0 saturated heterocycles. The van der Waals surface area contributed by atoms with E-state index in [2.05, 4.69) is 20.5 Å². The molecule has 202 valence electrons. The van der Waals surface area contributed by atoms with Gasteiger partial charge in [0.1, 0.15) is 6.54 Å². The highest BCUT2D eigenvalue weighted by molar-refractivity contribution is 6.32. The predicted molar refractivity (Wildman–Crippen MR) is 135 cm³/mol. The summed E-state index contributed by atoms with van der Waals surface area (Å²) in [5.74, 6) is 0.198. The van der Waals surface area contributed by atoms with Crippen LogP contribution >= 0.6 is 23.2 Å². The quantitative estimate of drug-likeness (QED) is 0.281. The summed E-state index contributed by atoms with van der Waals surface area (Å²) in [5.41, 5.74) is -0.131. The van der Waals surface area contributed by atoms with Crippen LogP contribution in [0.3, 0.4) is 0 Å². The number of nitrogens with zero attached hydrogens (tertiary/aromatic N) is 6. The fourth-order valence-corrected chi connectivity index (χ4v) is 3.84. The van der Waals surface area contributed by atoms with Gasteiger partial charge < -0.3 is 15.5 Å². The first-order valence-electron chi connectivity index (χ1n) is 11.2. The Hall–Kier alpha value is -3.39. The number of hydrogen-bond acceptors (Lipinski definition) is 7. The molecule has 10 nitrogen and oxygen atoms in total. The zero-order chi connectivity index (χ0) is 27.6. The molecule has 0 fully saturated rings. The molecule has 3 N–H and O–H groups in total. The lowest BCUT2D eigenvalue weighted by molar-refractivity contribution is -0.207. The lowest BCUT2D eigenvalue weighted by atomic mass is 10.2. The number of alkyl halides is 3. The Labute approximate surface area is 223 Å². The maximum Gasteiger partial charge on any atom is 0.416 e. The first-order valence-corrected chi connectivity index (χ1v) is 12.0. The van der Waals surface area contributed by atoms with Crippen LogP contribution in [0.5, 0.6) is 0 Å². The van der Waals surface area contributed by atoms with E-state index < -0.39 is 30.6 Å². The van der Waals surface area contributed by atoms with Crippen molar-refractivity contribution in [3.63, 3.8) is 0 Å². The standard InChI is InChI=1S/C23H22Cl2F3N7O3/c1-13(36)10-29-21-30-19(31-35(21)17-5-3-2-4-16(17)25)12-34-22(38)33(11-18(37)23(26,27)28)20(32-34)14-6-8-15(24)9-7-14/h2-9,13,18,36-37H,10-12H2,1H3,(H,29,30,31)/t13-,18+/m1/s1. The van der Waals surface area contributed by atoms with Gasteiger partial charge in [-0.15, -0.1) is 10.2 Å². The summed E-state index contributed by atoms with van der Waals surface area (Å²) < 4.78 is 42.3. The van der Waals surface area contributed by atoms with Gasteiger partial charge in [-0.1, -0.05) is 35.3 Å². The normalized spacial score (nSPS) is 13.5. The van der Waals surface area contributed by atoms with Crippen molar-refractivity contribution in [1.82, 2.24) is 29.1 Å². The molecule has 2 heterocycles. The third kappa shape index (κ3) is 6.18. The SMILES string of the molecule is C[C@@H](O)CNc1nc(Cn2nc(-c3ccc(Cl)cc3)n(C[C@H](O)C(F)(F)F)c2=O)nn1-c1ccccc1Cl. The fourth-order valence-electron chi connectivity index (χ4n) is 3.50. The van der Waals surface area contributed by atoms with E-state index in [1.807, 2.05) is 0 Å². The van der Waals surface area contributed by atoms with Gasteiger partial charge in [-0.25, -0.2) is 9.48 Å². The molecule has 2 atom stereocenters. The molecule has 4 rings (SSSR count). The third-order valence-corrected chi connectivity index (χ3v) is 5.91. The number of aliphatic hydroxyl groups excluding tert-OH is 2. The molecular formula is C23H22Cl2F3N7O3. The van der Waals surface area contributed by atoms with Crippen LogP contribution < -0.4 is 11.0 Å². The zero-order valence-corrected chi connectivity index (χ0v) is 21.3. The molecule has 0 spiro atoms. The molecule has 38 heavy (non-hydrogen) atoms. The summed E-state index contributed by atoms with van der Waals surface area (Å²) in [4.78, 5) is 17.5. The largest absolute Gasteiger partial charge is 0.416 e. The van der Waals surface area contributed by atoms with Gasteiger partial charge in [0.05, 0.1) is 23.4 Å². The lowest BCUT2D eigenvalue weighted by Gasteiger charge is -2.15. The molecule has 0 amide bonds. The Kier molecular flexibility index (Phi) is 8.11. The van der Waals surface area contributed by atoms with Crippen LogP contribution in [-0.2, 0) is 13.1 Å². The molecule has 0 saturated carbocycles. The van der Waals surface area contributed by atoms with Gasteiger partial charge in [-0.3, -0.25) is 4.57 Å². The Balaban J connectivity index is 1.76. The van der Waals surface area contributed by atoms with E-state index in [0.29, 0.717) is 21.3 Å². The average Bonchev–Trinajstić information content (AvgIpc) is 3.39. The number of hydrogen-bond donors (Lipinski definition) is 3. The second kappa shape index (κ2) is 11.2. The number of aliphatic hydroxyl groups is 2. The Morgan fingerprint density at radius 1 is 1.05 bits per heavy atom. The summed E-state index contributed by atoms with van der Waals surface area (Å²) in [5, 5.41) is 31.6. The highest BCUT2D eigenvalue weighted by atomic mass is 35.5. The number of para-hydroxylation sites is 1. The van der Waals surface area contributed by atoms with Gasteiger partial charge in [-0.05, 0) is 43.3 Å². The van der Waals surface area contributed by atoms with E-state index in [1.54, 1.807) is 31.2 Å². The van der Waals surface area contributed by atoms with Gasteiger partial charge in [0, 0.05) is 17.1 Å². The Bertz CT molecular complexity index is 1470. The second-order valence-electron chi connectivity index (χ2n) is 8.38. The minimum absolute atomic E-state index is 0.0868. The molecule has 2 aromatic carbocycles. The number of anilines is 1. The highest BCUT2D eigenvalue weighted by Crippen LogP contribution is 2.25. The van der Waals surface area contributed by atoms with Gasteiger partial charge in [0.25, 0.3) is 0 Å². The molecule has 0 aliphatic rings. The third-order valence-electron chi connectivity index (χ3n) is 5.34. The van der Waals surface area contributed by atoms with Crippen LogP contribution in [-0.4, -0.2) is 64.3 Å². The number of aromatic nitrogens is 6. The number of nitrogens with one attached hydrogen (secondary N) is 1. The van der Waals surface area contributed by atoms with Crippen molar-refractivity contribution in [2.45, 2.75) is 38.4 Å². The highest BCUT2D eigenvalue weighted by Gasteiger charge is 2.39. The van der Waals surface area contributed by atoms with Crippen molar-refractivity contribution in [3.8, 4) is 17.1 Å². The second-order valence-corrected chi connectivity index (χ2v) is 9.23. The van der Waals surface area contributed by atoms with E-state index in [-0.39, 0.29) is 30.7 Å².